The molecule has 0 aliphatic heterocycles. The number of carboxylic acids is 1. The average molecular weight is 266 g/mol. The number of unbranched alkanes of at least 4 members (excludes halogenated alkanes) is 6. The van der Waals surface area contributed by atoms with Crippen molar-refractivity contribution in [2.75, 3.05) is 0 Å². The van der Waals surface area contributed by atoms with Gasteiger partial charge in [-0.2, -0.15) is 0 Å². The SMILES string of the molecule is CCCCCCCCCc1nnc(/C=C/C(=O)O)o1. The summed E-state index contributed by atoms with van der Waals surface area (Å²) in [5.41, 5.74) is 0. The zero-order valence-corrected chi connectivity index (χ0v) is 11.5. The monoisotopic (exact) mass is 266 g/mol. The Hall–Kier alpha value is -1.65. The molecule has 19 heavy (non-hydrogen) atoms. The number of aryl methyl sites for hydroxylation is 1. The van der Waals surface area contributed by atoms with E-state index in [1.165, 1.54) is 44.6 Å². The Kier molecular flexibility index (Phi) is 7.54. The summed E-state index contributed by atoms with van der Waals surface area (Å²) in [6, 6.07) is 0. The molecule has 0 amide bonds. The van der Waals surface area contributed by atoms with Gasteiger partial charge in [-0.05, 0) is 6.42 Å². The molecule has 0 radical (unpaired) electrons. The molecule has 0 unspecified atom stereocenters. The van der Waals surface area contributed by atoms with Crippen LogP contribution in [0.5, 0.6) is 0 Å². The predicted octanol–water partition coefficient (Wildman–Crippen LogP) is 3.46. The summed E-state index contributed by atoms with van der Waals surface area (Å²) in [4.78, 5) is 10.3. The molecule has 0 atom stereocenters. The first kappa shape index (κ1) is 15.4. The third-order valence-corrected chi connectivity index (χ3v) is 2.85. The number of nitrogens with zero attached hydrogens (tertiary/aromatic N) is 2. The quantitative estimate of drug-likeness (QED) is 0.518. The van der Waals surface area contributed by atoms with E-state index in [4.69, 9.17) is 9.52 Å². The fourth-order valence-electron chi connectivity index (χ4n) is 1.81. The minimum absolute atomic E-state index is 0.250. The van der Waals surface area contributed by atoms with Crippen molar-refractivity contribution in [1.29, 1.82) is 0 Å². The lowest BCUT2D eigenvalue weighted by Crippen LogP contribution is -1.86. The molecule has 0 bridgehead atoms. The van der Waals surface area contributed by atoms with Crippen LogP contribution < -0.4 is 0 Å². The van der Waals surface area contributed by atoms with Gasteiger partial charge in [0.1, 0.15) is 0 Å². The van der Waals surface area contributed by atoms with Gasteiger partial charge in [0.2, 0.25) is 11.8 Å². The van der Waals surface area contributed by atoms with E-state index in [-0.39, 0.29) is 5.89 Å². The first-order valence-electron chi connectivity index (χ1n) is 6.95. The van der Waals surface area contributed by atoms with Gasteiger partial charge in [-0.25, -0.2) is 4.79 Å². The summed E-state index contributed by atoms with van der Waals surface area (Å²) in [6.07, 6.45) is 11.7. The Labute approximate surface area is 113 Å². The van der Waals surface area contributed by atoms with E-state index >= 15 is 0 Å². The van der Waals surface area contributed by atoms with Gasteiger partial charge in [-0.1, -0.05) is 45.4 Å². The van der Waals surface area contributed by atoms with E-state index in [2.05, 4.69) is 17.1 Å². The topological polar surface area (TPSA) is 76.2 Å². The van der Waals surface area contributed by atoms with Crippen LogP contribution in [0.4, 0.5) is 0 Å². The number of carboxylic acid groups (broad SMARTS) is 1. The molecule has 106 valence electrons. The smallest absolute Gasteiger partial charge is 0.328 e. The minimum Gasteiger partial charge on any atom is -0.478 e. The Balaban J connectivity index is 2.14. The summed E-state index contributed by atoms with van der Waals surface area (Å²) in [5.74, 6) is -0.189. The summed E-state index contributed by atoms with van der Waals surface area (Å²) >= 11 is 0. The van der Waals surface area contributed by atoms with Gasteiger partial charge in [-0.3, -0.25) is 0 Å². The standard InChI is InChI=1S/C14H22N2O3/c1-2-3-4-5-6-7-8-9-12-15-16-13(19-12)10-11-14(17)18/h10-11H,2-9H2,1H3,(H,17,18)/b11-10+. The van der Waals surface area contributed by atoms with Crippen molar-refractivity contribution in [3.05, 3.63) is 17.9 Å². The zero-order valence-electron chi connectivity index (χ0n) is 11.5. The molecule has 1 N–H and O–H groups in total. The van der Waals surface area contributed by atoms with E-state index in [0.29, 0.717) is 5.89 Å². The first-order valence-corrected chi connectivity index (χ1v) is 6.95. The van der Waals surface area contributed by atoms with Crippen molar-refractivity contribution in [1.82, 2.24) is 10.2 Å². The van der Waals surface area contributed by atoms with Gasteiger partial charge in [0, 0.05) is 18.6 Å². The fraction of sp³-hybridized carbons (Fsp3) is 0.643. The van der Waals surface area contributed by atoms with Gasteiger partial charge in [0.25, 0.3) is 0 Å². The lowest BCUT2D eigenvalue weighted by molar-refractivity contribution is -0.131. The molecule has 1 aromatic rings. The second-order valence-electron chi connectivity index (χ2n) is 4.58. The molecule has 0 aromatic carbocycles. The molecular formula is C14H22N2O3. The molecule has 0 saturated heterocycles. The summed E-state index contributed by atoms with van der Waals surface area (Å²) in [7, 11) is 0. The maximum Gasteiger partial charge on any atom is 0.328 e. The molecule has 0 aliphatic carbocycles. The molecule has 5 nitrogen and oxygen atoms in total. The van der Waals surface area contributed by atoms with Crippen LogP contribution in [-0.4, -0.2) is 21.3 Å². The summed E-state index contributed by atoms with van der Waals surface area (Å²) in [6.45, 7) is 2.21. The van der Waals surface area contributed by atoms with Crippen molar-refractivity contribution in [2.45, 2.75) is 58.3 Å². The van der Waals surface area contributed by atoms with Crippen molar-refractivity contribution in [3.63, 3.8) is 0 Å². The lowest BCUT2D eigenvalue weighted by Gasteiger charge is -1.98. The van der Waals surface area contributed by atoms with Crippen LogP contribution in [0.25, 0.3) is 6.08 Å². The van der Waals surface area contributed by atoms with E-state index in [0.717, 1.165) is 18.9 Å². The van der Waals surface area contributed by atoms with Crippen LogP contribution in [-0.2, 0) is 11.2 Å². The molecule has 5 heteroatoms. The highest BCUT2D eigenvalue weighted by molar-refractivity contribution is 5.84. The molecule has 0 aliphatic rings. The molecule has 0 saturated carbocycles. The second-order valence-corrected chi connectivity index (χ2v) is 4.58. The van der Waals surface area contributed by atoms with E-state index in [9.17, 15) is 4.79 Å². The van der Waals surface area contributed by atoms with Gasteiger partial charge in [0.05, 0.1) is 0 Å². The predicted molar refractivity (Wildman–Crippen MR) is 72.7 cm³/mol. The number of aliphatic carboxylic acids is 1. The Morgan fingerprint density at radius 3 is 2.53 bits per heavy atom. The molecule has 1 aromatic heterocycles. The highest BCUT2D eigenvalue weighted by Crippen LogP contribution is 2.10. The maximum absolute atomic E-state index is 10.3. The Morgan fingerprint density at radius 2 is 1.84 bits per heavy atom. The van der Waals surface area contributed by atoms with Crippen LogP contribution in [0, 0.1) is 0 Å². The van der Waals surface area contributed by atoms with Gasteiger partial charge in [0.15, 0.2) is 0 Å². The average Bonchev–Trinajstić information content (AvgIpc) is 2.83. The minimum atomic E-state index is -1.02. The number of carbonyl (C=O) groups is 1. The molecule has 1 heterocycles. The maximum atomic E-state index is 10.3. The third kappa shape index (κ3) is 7.39. The van der Waals surface area contributed by atoms with Crippen LogP contribution >= 0.6 is 0 Å². The van der Waals surface area contributed by atoms with Crippen LogP contribution in [0.3, 0.4) is 0 Å². The van der Waals surface area contributed by atoms with E-state index in [1.807, 2.05) is 0 Å². The second kappa shape index (κ2) is 9.30. The highest BCUT2D eigenvalue weighted by Gasteiger charge is 2.03. The first-order chi connectivity index (χ1) is 9.22. The largest absolute Gasteiger partial charge is 0.478 e. The number of hydrogen-bond acceptors (Lipinski definition) is 4. The summed E-state index contributed by atoms with van der Waals surface area (Å²) in [5, 5.41) is 16.1. The third-order valence-electron chi connectivity index (χ3n) is 2.85. The van der Waals surface area contributed by atoms with Crippen LogP contribution in [0.2, 0.25) is 0 Å². The molecule has 1 rings (SSSR count). The van der Waals surface area contributed by atoms with Gasteiger partial charge >= 0.3 is 5.97 Å². The molecule has 0 spiro atoms. The number of hydrogen-bond donors (Lipinski definition) is 1. The number of rotatable bonds is 10. The van der Waals surface area contributed by atoms with E-state index < -0.39 is 5.97 Å². The van der Waals surface area contributed by atoms with Crippen molar-refractivity contribution in [2.24, 2.45) is 0 Å². The van der Waals surface area contributed by atoms with Gasteiger partial charge < -0.3 is 9.52 Å². The van der Waals surface area contributed by atoms with E-state index in [1.54, 1.807) is 0 Å². The zero-order chi connectivity index (χ0) is 13.9. The van der Waals surface area contributed by atoms with Crippen molar-refractivity contribution in [3.8, 4) is 0 Å². The normalized spacial score (nSPS) is 11.2. The van der Waals surface area contributed by atoms with Gasteiger partial charge in [-0.15, -0.1) is 10.2 Å². The Bertz CT molecular complexity index is 399. The highest BCUT2D eigenvalue weighted by atomic mass is 16.4. The Morgan fingerprint density at radius 1 is 1.16 bits per heavy atom. The summed E-state index contributed by atoms with van der Waals surface area (Å²) < 4.78 is 5.31. The number of aromatic nitrogens is 2. The van der Waals surface area contributed by atoms with Crippen LogP contribution in [0.1, 0.15) is 63.7 Å². The fourth-order valence-corrected chi connectivity index (χ4v) is 1.81. The van der Waals surface area contributed by atoms with Crippen LogP contribution in [0.15, 0.2) is 10.5 Å². The van der Waals surface area contributed by atoms with Crippen molar-refractivity contribution >= 4 is 12.0 Å². The van der Waals surface area contributed by atoms with Crippen molar-refractivity contribution < 1.29 is 14.3 Å². The molecule has 0 fully saturated rings. The molecular weight excluding hydrogens is 244 g/mol. The lowest BCUT2D eigenvalue weighted by atomic mass is 10.1.